The van der Waals surface area contributed by atoms with Crippen molar-refractivity contribution in [2.75, 3.05) is 0 Å². The Bertz CT molecular complexity index is 329. The van der Waals surface area contributed by atoms with Crippen molar-refractivity contribution in [2.24, 2.45) is 0 Å². The van der Waals surface area contributed by atoms with Crippen LogP contribution < -0.4 is 5.14 Å². The van der Waals surface area contributed by atoms with Crippen LogP contribution in [0.1, 0.15) is 0 Å². The van der Waals surface area contributed by atoms with E-state index in [1.165, 1.54) is 11.4 Å². The minimum atomic E-state index is -3.85. The first-order valence-electron chi connectivity index (χ1n) is 2.24. The van der Waals surface area contributed by atoms with E-state index in [2.05, 4.69) is 0 Å². The van der Waals surface area contributed by atoms with Gasteiger partial charge in [-0.3, -0.25) is 0 Å². The molecule has 0 aliphatic rings. The number of thiophene rings is 1. The third-order valence-electron chi connectivity index (χ3n) is 0.829. The molecule has 1 aromatic heterocycles. The highest BCUT2D eigenvalue weighted by atomic mass is 35.5. The molecule has 0 saturated carbocycles. The summed E-state index contributed by atoms with van der Waals surface area (Å²) in [7, 11) is -3.85. The molecule has 0 aliphatic carbocycles. The van der Waals surface area contributed by atoms with E-state index in [4.69, 9.17) is 16.7 Å². The Morgan fingerprint density at radius 2 is 2.20 bits per heavy atom. The number of halogens is 1. The third kappa shape index (κ3) is 1.49. The summed E-state index contributed by atoms with van der Waals surface area (Å²) in [4.78, 5) is 0. The molecule has 1 N–H and O–H groups in total. The van der Waals surface area contributed by atoms with Gasteiger partial charge in [-0.1, -0.05) is 11.6 Å². The zero-order valence-electron chi connectivity index (χ0n) is 4.67. The highest BCUT2D eigenvalue weighted by Crippen LogP contribution is 2.25. The lowest BCUT2D eigenvalue weighted by atomic mass is 10.7. The second-order valence-corrected chi connectivity index (χ2v) is 4.56. The summed E-state index contributed by atoms with van der Waals surface area (Å²) >= 11 is 6.38. The molecule has 55 valence electrons. The van der Waals surface area contributed by atoms with Crippen LogP contribution in [0, 0.1) is 0 Å². The minimum Gasteiger partial charge on any atom is -0.205 e. The lowest BCUT2D eigenvalue weighted by Crippen LogP contribution is -1.97. The first-order chi connectivity index (χ1) is 4.52. The molecule has 1 radical (unpaired) electrons. The Balaban J connectivity index is 3.32. The molecule has 1 aromatic rings. The predicted octanol–water partition coefficient (Wildman–Crippen LogP) is 1.37. The van der Waals surface area contributed by atoms with Crippen molar-refractivity contribution < 1.29 is 8.42 Å². The number of hydrogen-bond donors (Lipinski definition) is 0. The molecule has 0 aromatic carbocycles. The minimum absolute atomic E-state index is 0.0887. The van der Waals surface area contributed by atoms with Gasteiger partial charge in [0.15, 0.2) is 4.21 Å². The number of rotatable bonds is 1. The fourth-order valence-corrected chi connectivity index (χ4v) is 2.55. The van der Waals surface area contributed by atoms with E-state index in [0.29, 0.717) is 0 Å². The van der Waals surface area contributed by atoms with E-state index in [0.717, 1.165) is 11.3 Å². The van der Waals surface area contributed by atoms with Crippen LogP contribution >= 0.6 is 22.9 Å². The molecule has 10 heavy (non-hydrogen) atoms. The number of sulfonamides is 1. The average Bonchev–Trinajstić information content (AvgIpc) is 2.11. The van der Waals surface area contributed by atoms with Crippen LogP contribution in [0.3, 0.4) is 0 Å². The number of nitrogens with one attached hydrogen (secondary N) is 1. The fourth-order valence-electron chi connectivity index (χ4n) is 0.472. The Morgan fingerprint density at radius 3 is 2.40 bits per heavy atom. The standard InChI is InChI=1S/C4H3ClNO2S2/c5-3-1-2-9-4(3)10(6,7)8/h1-2,6H. The van der Waals surface area contributed by atoms with Crippen molar-refractivity contribution >= 4 is 33.0 Å². The van der Waals surface area contributed by atoms with Gasteiger partial charge in [0.2, 0.25) is 0 Å². The van der Waals surface area contributed by atoms with Crippen molar-refractivity contribution in [2.45, 2.75) is 4.21 Å². The van der Waals surface area contributed by atoms with Gasteiger partial charge in [0.1, 0.15) is 0 Å². The zero-order valence-corrected chi connectivity index (χ0v) is 7.05. The second-order valence-electron chi connectivity index (χ2n) is 1.56. The van der Waals surface area contributed by atoms with Crippen LogP contribution in [0.4, 0.5) is 0 Å². The van der Waals surface area contributed by atoms with Crippen molar-refractivity contribution in [3.63, 3.8) is 0 Å². The molecule has 1 rings (SSSR count). The van der Waals surface area contributed by atoms with Crippen molar-refractivity contribution in [1.29, 1.82) is 0 Å². The molecule has 0 saturated heterocycles. The largest absolute Gasteiger partial charge is 0.265 e. The van der Waals surface area contributed by atoms with Gasteiger partial charge in [-0.05, 0) is 11.4 Å². The molecule has 0 fully saturated rings. The van der Waals surface area contributed by atoms with Crippen molar-refractivity contribution in [1.82, 2.24) is 5.14 Å². The maximum atomic E-state index is 10.5. The van der Waals surface area contributed by atoms with E-state index < -0.39 is 10.0 Å². The SMILES string of the molecule is [NH]S(=O)(=O)c1sccc1Cl. The molecule has 0 atom stereocenters. The summed E-state index contributed by atoms with van der Waals surface area (Å²) in [6.45, 7) is 0. The second kappa shape index (κ2) is 2.50. The summed E-state index contributed by atoms with van der Waals surface area (Å²) in [5.41, 5.74) is 0. The van der Waals surface area contributed by atoms with Crippen LogP contribution in [0.5, 0.6) is 0 Å². The van der Waals surface area contributed by atoms with Gasteiger partial charge in [0, 0.05) is 0 Å². The lowest BCUT2D eigenvalue weighted by Gasteiger charge is -1.89. The van der Waals surface area contributed by atoms with Crippen LogP contribution in [0.25, 0.3) is 0 Å². The predicted molar refractivity (Wildman–Crippen MR) is 39.6 cm³/mol. The average molecular weight is 197 g/mol. The molecule has 0 unspecified atom stereocenters. The van der Waals surface area contributed by atoms with Crippen molar-refractivity contribution in [3.05, 3.63) is 16.5 Å². The van der Waals surface area contributed by atoms with Gasteiger partial charge < -0.3 is 0 Å². The Kier molecular flexibility index (Phi) is 2.00. The summed E-state index contributed by atoms with van der Waals surface area (Å²) in [5.74, 6) is 0. The van der Waals surface area contributed by atoms with Gasteiger partial charge in [0.25, 0.3) is 10.0 Å². The first-order valence-corrected chi connectivity index (χ1v) is 4.98. The van der Waals surface area contributed by atoms with E-state index in [1.54, 1.807) is 0 Å². The lowest BCUT2D eigenvalue weighted by molar-refractivity contribution is 0.598. The number of hydrogen-bond acceptors (Lipinski definition) is 3. The van der Waals surface area contributed by atoms with Gasteiger partial charge in [-0.25, -0.2) is 8.42 Å². The highest BCUT2D eigenvalue weighted by molar-refractivity contribution is 7.91. The Labute approximate surface area is 67.5 Å². The van der Waals surface area contributed by atoms with Crippen molar-refractivity contribution in [3.8, 4) is 0 Å². The molecule has 0 spiro atoms. The van der Waals surface area contributed by atoms with E-state index >= 15 is 0 Å². The van der Waals surface area contributed by atoms with Gasteiger partial charge in [-0.2, -0.15) is 0 Å². The molecular weight excluding hydrogens is 194 g/mol. The van der Waals surface area contributed by atoms with E-state index in [-0.39, 0.29) is 9.23 Å². The normalized spacial score (nSPS) is 11.8. The van der Waals surface area contributed by atoms with Gasteiger partial charge in [-0.15, -0.1) is 16.5 Å². The summed E-state index contributed by atoms with van der Waals surface area (Å²) in [6.07, 6.45) is 0. The molecule has 0 aliphatic heterocycles. The maximum Gasteiger partial charge on any atom is 0.265 e. The summed E-state index contributed by atoms with van der Waals surface area (Å²) in [5, 5.41) is 8.29. The van der Waals surface area contributed by atoms with Gasteiger partial charge in [0.05, 0.1) is 5.02 Å². The van der Waals surface area contributed by atoms with Crippen LogP contribution in [0.2, 0.25) is 5.02 Å². The van der Waals surface area contributed by atoms with Crippen LogP contribution in [-0.2, 0) is 10.0 Å². The first kappa shape index (κ1) is 8.00. The molecule has 6 heteroatoms. The molecule has 3 nitrogen and oxygen atoms in total. The Hall–Kier alpha value is -0.100. The van der Waals surface area contributed by atoms with Gasteiger partial charge >= 0.3 is 0 Å². The zero-order chi connectivity index (χ0) is 7.78. The highest BCUT2D eigenvalue weighted by Gasteiger charge is 2.14. The summed E-state index contributed by atoms with van der Waals surface area (Å²) in [6, 6.07) is 1.45. The van der Waals surface area contributed by atoms with E-state index in [1.807, 2.05) is 0 Å². The smallest absolute Gasteiger partial charge is 0.205 e. The topological polar surface area (TPSA) is 57.9 Å². The Morgan fingerprint density at radius 1 is 1.60 bits per heavy atom. The van der Waals surface area contributed by atoms with Crippen LogP contribution in [-0.4, -0.2) is 8.42 Å². The molecule has 1 heterocycles. The summed E-state index contributed by atoms with van der Waals surface area (Å²) < 4.78 is 20.9. The quantitative estimate of drug-likeness (QED) is 0.681. The monoisotopic (exact) mass is 196 g/mol. The molecule has 0 amide bonds. The van der Waals surface area contributed by atoms with Crippen LogP contribution in [0.15, 0.2) is 15.7 Å². The molecule has 0 bridgehead atoms. The van der Waals surface area contributed by atoms with E-state index in [9.17, 15) is 8.42 Å². The molecular formula is C4H3ClNO2S2. The fraction of sp³-hybridized carbons (Fsp3) is 0. The third-order valence-corrected chi connectivity index (χ3v) is 3.73. The maximum absolute atomic E-state index is 10.5.